The first-order chi connectivity index (χ1) is 15.9. The van der Waals surface area contributed by atoms with Crippen molar-refractivity contribution >= 4 is 28.3 Å². The maximum atomic E-state index is 14.1. The van der Waals surface area contributed by atoms with E-state index in [1.807, 2.05) is 13.8 Å². The van der Waals surface area contributed by atoms with Gasteiger partial charge in [0.15, 0.2) is 5.13 Å². The van der Waals surface area contributed by atoms with Gasteiger partial charge >= 0.3 is 6.18 Å². The van der Waals surface area contributed by atoms with Crippen LogP contribution in [0.3, 0.4) is 0 Å². The molecular formula is C23H32F4N4O2S. The van der Waals surface area contributed by atoms with Crippen LogP contribution >= 0.6 is 11.3 Å². The summed E-state index contributed by atoms with van der Waals surface area (Å²) in [4.78, 5) is 29.1. The van der Waals surface area contributed by atoms with Crippen molar-refractivity contribution in [2.45, 2.75) is 59.7 Å². The molecule has 1 aromatic carbocycles. The SMILES string of the molecule is CC.CC(C)C.NC(=O)[C@@H]1CCCN1C(=O)CNc1nc(-c2ccc(C(F)(F)F)cc2F)cs1. The number of hydrogen-bond donors (Lipinski definition) is 2. The first kappa shape index (κ1) is 29.3. The van der Waals surface area contributed by atoms with E-state index < -0.39 is 29.5 Å². The second-order valence-corrected chi connectivity index (χ2v) is 8.82. The Bertz CT molecular complexity index is 945. The second kappa shape index (κ2) is 13.3. The maximum absolute atomic E-state index is 14.1. The molecule has 1 aromatic heterocycles. The number of anilines is 1. The number of nitrogens with one attached hydrogen (secondary N) is 1. The average molecular weight is 505 g/mol. The highest BCUT2D eigenvalue weighted by molar-refractivity contribution is 7.14. The highest BCUT2D eigenvalue weighted by Crippen LogP contribution is 2.33. The van der Waals surface area contributed by atoms with Crippen LogP contribution in [0.1, 0.15) is 53.0 Å². The van der Waals surface area contributed by atoms with Gasteiger partial charge in [-0.2, -0.15) is 13.2 Å². The topological polar surface area (TPSA) is 88.3 Å². The van der Waals surface area contributed by atoms with Crippen LogP contribution in [0.25, 0.3) is 11.3 Å². The van der Waals surface area contributed by atoms with Crippen LogP contribution in [0.4, 0.5) is 22.7 Å². The third-order valence-electron chi connectivity index (χ3n) is 4.37. The van der Waals surface area contributed by atoms with Gasteiger partial charge in [0, 0.05) is 17.5 Å². The monoisotopic (exact) mass is 504 g/mol. The maximum Gasteiger partial charge on any atom is 0.416 e. The van der Waals surface area contributed by atoms with Crippen LogP contribution in [0.2, 0.25) is 0 Å². The summed E-state index contributed by atoms with van der Waals surface area (Å²) in [5.74, 6) is -1.08. The zero-order valence-electron chi connectivity index (χ0n) is 20.0. The van der Waals surface area contributed by atoms with Crippen LogP contribution < -0.4 is 11.1 Å². The molecule has 1 fully saturated rings. The Morgan fingerprint density at radius 3 is 2.41 bits per heavy atom. The molecule has 0 spiro atoms. The molecular weight excluding hydrogens is 472 g/mol. The molecule has 34 heavy (non-hydrogen) atoms. The van der Waals surface area contributed by atoms with Gasteiger partial charge in [0.1, 0.15) is 11.9 Å². The van der Waals surface area contributed by atoms with Gasteiger partial charge in [0.2, 0.25) is 11.8 Å². The molecule has 1 atom stereocenters. The van der Waals surface area contributed by atoms with E-state index >= 15 is 0 Å². The number of benzene rings is 1. The van der Waals surface area contributed by atoms with Gasteiger partial charge in [-0.1, -0.05) is 34.6 Å². The quantitative estimate of drug-likeness (QED) is 0.523. The summed E-state index contributed by atoms with van der Waals surface area (Å²) in [6.07, 6.45) is -3.42. The summed E-state index contributed by atoms with van der Waals surface area (Å²) in [6.45, 7) is 10.8. The molecule has 1 saturated heterocycles. The van der Waals surface area contributed by atoms with Gasteiger partial charge in [-0.25, -0.2) is 9.37 Å². The number of thiazole rings is 1. The lowest BCUT2D eigenvalue weighted by Gasteiger charge is -2.22. The summed E-state index contributed by atoms with van der Waals surface area (Å²) in [6, 6.07) is 1.60. The fraction of sp³-hybridized carbons (Fsp3) is 0.522. The van der Waals surface area contributed by atoms with E-state index in [1.54, 1.807) is 0 Å². The lowest BCUT2D eigenvalue weighted by molar-refractivity contribution is -0.137. The minimum Gasteiger partial charge on any atom is -0.368 e. The molecule has 2 aromatic rings. The predicted molar refractivity (Wildman–Crippen MR) is 127 cm³/mol. The number of primary amides is 1. The van der Waals surface area contributed by atoms with E-state index in [1.165, 1.54) is 10.3 Å². The number of hydrogen-bond acceptors (Lipinski definition) is 5. The summed E-state index contributed by atoms with van der Waals surface area (Å²) < 4.78 is 52.0. The summed E-state index contributed by atoms with van der Waals surface area (Å²) >= 11 is 1.08. The fourth-order valence-corrected chi connectivity index (χ4v) is 3.70. The van der Waals surface area contributed by atoms with Crippen LogP contribution in [0.5, 0.6) is 0 Å². The van der Waals surface area contributed by atoms with Crippen molar-refractivity contribution < 1.29 is 27.2 Å². The van der Waals surface area contributed by atoms with Crippen molar-refractivity contribution in [2.75, 3.05) is 18.4 Å². The Morgan fingerprint density at radius 2 is 1.88 bits per heavy atom. The Labute approximate surface area is 201 Å². The van der Waals surface area contributed by atoms with Crippen molar-refractivity contribution in [3.8, 4) is 11.3 Å². The molecule has 1 aliphatic heterocycles. The van der Waals surface area contributed by atoms with E-state index in [2.05, 4.69) is 31.1 Å². The molecule has 3 rings (SSSR count). The van der Waals surface area contributed by atoms with Crippen LogP contribution in [0, 0.1) is 11.7 Å². The number of amides is 2. The first-order valence-corrected chi connectivity index (χ1v) is 11.9. The number of nitrogens with zero attached hydrogens (tertiary/aromatic N) is 2. The van der Waals surface area contributed by atoms with Gasteiger partial charge in [0.05, 0.1) is 17.8 Å². The van der Waals surface area contributed by atoms with Gasteiger partial charge in [-0.3, -0.25) is 9.59 Å². The molecule has 190 valence electrons. The number of carbonyl (C=O) groups is 2. The van der Waals surface area contributed by atoms with Crippen LogP contribution in [0.15, 0.2) is 23.6 Å². The number of aromatic nitrogens is 1. The van der Waals surface area contributed by atoms with Gasteiger partial charge in [0.25, 0.3) is 0 Å². The Hall–Kier alpha value is -2.69. The molecule has 0 saturated carbocycles. The van der Waals surface area contributed by atoms with Crippen molar-refractivity contribution in [1.29, 1.82) is 0 Å². The smallest absolute Gasteiger partial charge is 0.368 e. The zero-order valence-corrected chi connectivity index (χ0v) is 20.8. The summed E-state index contributed by atoms with van der Waals surface area (Å²) in [5, 5.41) is 4.56. The molecule has 2 amide bonds. The molecule has 2 heterocycles. The Morgan fingerprint density at radius 1 is 1.26 bits per heavy atom. The number of likely N-dealkylation sites (tertiary alicyclic amines) is 1. The molecule has 0 unspecified atom stereocenters. The highest BCUT2D eigenvalue weighted by atomic mass is 32.1. The van der Waals surface area contributed by atoms with Crippen LogP contribution in [-0.2, 0) is 15.8 Å². The fourth-order valence-electron chi connectivity index (χ4n) is 2.99. The number of rotatable bonds is 5. The molecule has 11 heteroatoms. The van der Waals surface area contributed by atoms with Crippen LogP contribution in [-0.4, -0.2) is 40.8 Å². The van der Waals surface area contributed by atoms with E-state index in [0.717, 1.165) is 29.4 Å². The Kier molecular flexibility index (Phi) is 11.4. The lowest BCUT2D eigenvalue weighted by Crippen LogP contribution is -2.45. The minimum absolute atomic E-state index is 0.0723. The standard InChI is InChI=1S/C17H16F4N4O2S.C4H10.C2H6/c18-11-6-9(17(19,20)21)3-4-10(11)12-8-28-16(24-12)23-7-14(26)25-5-1-2-13(25)15(22)27;1-4(2)3;1-2/h3-4,6,8,13H,1-2,5,7H2,(H2,22,27)(H,23,24);4H,1-3H3;1-2H3/t13-;;/m0../s1. The molecule has 0 radical (unpaired) electrons. The van der Waals surface area contributed by atoms with E-state index in [0.29, 0.717) is 30.6 Å². The van der Waals surface area contributed by atoms with Crippen molar-refractivity contribution in [3.63, 3.8) is 0 Å². The lowest BCUT2D eigenvalue weighted by atomic mass is 10.1. The number of nitrogens with two attached hydrogens (primary N) is 1. The summed E-state index contributed by atoms with van der Waals surface area (Å²) in [5.41, 5.74) is 4.28. The first-order valence-electron chi connectivity index (χ1n) is 11.1. The van der Waals surface area contributed by atoms with Gasteiger partial charge in [-0.05, 0) is 37.0 Å². The van der Waals surface area contributed by atoms with Crippen molar-refractivity contribution in [1.82, 2.24) is 9.88 Å². The third-order valence-corrected chi connectivity index (χ3v) is 5.17. The van der Waals surface area contributed by atoms with E-state index in [9.17, 15) is 27.2 Å². The molecule has 6 nitrogen and oxygen atoms in total. The van der Waals surface area contributed by atoms with Crippen molar-refractivity contribution in [2.24, 2.45) is 11.7 Å². The van der Waals surface area contributed by atoms with Gasteiger partial charge in [-0.15, -0.1) is 11.3 Å². The minimum atomic E-state index is -4.63. The largest absolute Gasteiger partial charge is 0.416 e. The normalized spacial score (nSPS) is 15.2. The molecule has 0 aliphatic carbocycles. The number of halogens is 4. The summed E-state index contributed by atoms with van der Waals surface area (Å²) in [7, 11) is 0. The average Bonchev–Trinajstić information content (AvgIpc) is 3.42. The highest BCUT2D eigenvalue weighted by Gasteiger charge is 2.33. The van der Waals surface area contributed by atoms with Gasteiger partial charge < -0.3 is 16.0 Å². The van der Waals surface area contributed by atoms with E-state index in [-0.39, 0.29) is 23.7 Å². The third kappa shape index (κ3) is 8.58. The van der Waals surface area contributed by atoms with E-state index in [4.69, 9.17) is 5.73 Å². The molecule has 3 N–H and O–H groups in total. The second-order valence-electron chi connectivity index (χ2n) is 7.96. The molecule has 1 aliphatic rings. The van der Waals surface area contributed by atoms with Crippen molar-refractivity contribution in [3.05, 3.63) is 35.0 Å². The number of alkyl halides is 3. The predicted octanol–water partition coefficient (Wildman–Crippen LogP) is 5.54. The number of carbonyl (C=O) groups excluding carboxylic acids is 2. The Balaban J connectivity index is 0.000000872. The molecule has 0 bridgehead atoms. The zero-order chi connectivity index (χ0) is 26.1.